The Morgan fingerprint density at radius 1 is 1.37 bits per heavy atom. The van der Waals surface area contributed by atoms with Crippen LogP contribution in [0.5, 0.6) is 5.88 Å². The fourth-order valence-electron chi connectivity index (χ4n) is 1.44. The van der Waals surface area contributed by atoms with Gasteiger partial charge in [-0.1, -0.05) is 6.92 Å². The number of aromatic nitrogens is 1. The van der Waals surface area contributed by atoms with Crippen LogP contribution in [0.25, 0.3) is 0 Å². The van der Waals surface area contributed by atoms with E-state index in [2.05, 4.69) is 15.0 Å². The van der Waals surface area contributed by atoms with E-state index in [0.717, 1.165) is 0 Å². The molecule has 0 unspecified atom stereocenters. The van der Waals surface area contributed by atoms with Crippen LogP contribution in [0.3, 0.4) is 0 Å². The van der Waals surface area contributed by atoms with Crippen molar-refractivity contribution in [2.45, 2.75) is 11.8 Å². The zero-order chi connectivity index (χ0) is 14.3. The average Bonchev–Trinajstić information content (AvgIpc) is 2.39. The molecule has 2 N–H and O–H groups in total. The summed E-state index contributed by atoms with van der Waals surface area (Å²) in [7, 11) is -0.576. The number of methoxy groups -OCH3 is 2. The van der Waals surface area contributed by atoms with E-state index < -0.39 is 10.0 Å². The number of rotatable bonds is 8. The van der Waals surface area contributed by atoms with Gasteiger partial charge < -0.3 is 14.8 Å². The number of ether oxygens (including phenoxy) is 2. The van der Waals surface area contributed by atoms with Gasteiger partial charge in [0.1, 0.15) is 4.90 Å². The zero-order valence-corrected chi connectivity index (χ0v) is 12.1. The van der Waals surface area contributed by atoms with Gasteiger partial charge in [-0.15, -0.1) is 0 Å². The fraction of sp³-hybridized carbons (Fsp3) is 0.545. The van der Waals surface area contributed by atoms with Crippen molar-refractivity contribution < 1.29 is 17.9 Å². The number of nitrogens with zero attached hydrogens (tertiary/aromatic N) is 1. The molecule has 0 amide bonds. The van der Waals surface area contributed by atoms with Crippen molar-refractivity contribution in [1.82, 2.24) is 9.71 Å². The Kier molecular flexibility index (Phi) is 6.00. The normalized spacial score (nSPS) is 11.3. The monoisotopic (exact) mass is 289 g/mol. The Morgan fingerprint density at radius 2 is 2.11 bits per heavy atom. The van der Waals surface area contributed by atoms with Crippen molar-refractivity contribution in [3.63, 3.8) is 0 Å². The summed E-state index contributed by atoms with van der Waals surface area (Å²) in [5, 5.41) is 2.97. The number of anilines is 1. The highest BCUT2D eigenvalue weighted by molar-refractivity contribution is 7.89. The van der Waals surface area contributed by atoms with Crippen LogP contribution < -0.4 is 14.8 Å². The summed E-state index contributed by atoms with van der Waals surface area (Å²) in [5.74, 6) is 0.244. The van der Waals surface area contributed by atoms with Crippen LogP contribution in [-0.4, -0.2) is 47.3 Å². The lowest BCUT2D eigenvalue weighted by Crippen LogP contribution is -2.24. The van der Waals surface area contributed by atoms with E-state index in [1.54, 1.807) is 14.0 Å². The minimum Gasteiger partial charge on any atom is -0.481 e. The second-order valence-electron chi connectivity index (χ2n) is 3.64. The topological polar surface area (TPSA) is 89.6 Å². The zero-order valence-electron chi connectivity index (χ0n) is 11.3. The predicted molar refractivity (Wildman–Crippen MR) is 72.0 cm³/mol. The standard InChI is InChI=1S/C11H19N3O4S/c1-4-14-19(15,16)10-7-11(18-3)13-8-9(10)12-5-6-17-2/h7-8,12,14H,4-6H2,1-3H3. The predicted octanol–water partition coefficient (Wildman–Crippen LogP) is 0.447. The summed E-state index contributed by atoms with van der Waals surface area (Å²) in [6.07, 6.45) is 1.43. The van der Waals surface area contributed by atoms with Crippen molar-refractivity contribution in [1.29, 1.82) is 0 Å². The Bertz CT molecular complexity index is 505. The second-order valence-corrected chi connectivity index (χ2v) is 5.38. The van der Waals surface area contributed by atoms with Crippen LogP contribution in [0, 0.1) is 0 Å². The molecule has 1 aromatic heterocycles. The first kappa shape index (κ1) is 15.7. The first-order valence-electron chi connectivity index (χ1n) is 5.81. The van der Waals surface area contributed by atoms with Gasteiger partial charge in [-0.3, -0.25) is 0 Å². The molecule has 0 fully saturated rings. The van der Waals surface area contributed by atoms with Gasteiger partial charge in [-0.25, -0.2) is 18.1 Å². The molecule has 0 bridgehead atoms. The van der Waals surface area contributed by atoms with Gasteiger partial charge in [0.15, 0.2) is 0 Å². The molecule has 0 saturated carbocycles. The summed E-state index contributed by atoms with van der Waals surface area (Å²) in [4.78, 5) is 4.10. The quantitative estimate of drug-likeness (QED) is 0.675. The average molecular weight is 289 g/mol. The van der Waals surface area contributed by atoms with Crippen molar-refractivity contribution in [2.75, 3.05) is 39.2 Å². The molecular weight excluding hydrogens is 270 g/mol. The largest absolute Gasteiger partial charge is 0.481 e. The highest BCUT2D eigenvalue weighted by atomic mass is 32.2. The van der Waals surface area contributed by atoms with E-state index in [0.29, 0.717) is 25.4 Å². The van der Waals surface area contributed by atoms with Gasteiger partial charge in [0, 0.05) is 26.3 Å². The Labute approximate surface area is 113 Å². The molecule has 0 aliphatic rings. The Morgan fingerprint density at radius 3 is 2.68 bits per heavy atom. The highest BCUT2D eigenvalue weighted by Gasteiger charge is 2.19. The fourth-order valence-corrected chi connectivity index (χ4v) is 2.65. The third-order valence-corrected chi connectivity index (χ3v) is 3.88. The van der Waals surface area contributed by atoms with Crippen LogP contribution in [0.15, 0.2) is 17.2 Å². The van der Waals surface area contributed by atoms with E-state index in [9.17, 15) is 8.42 Å². The summed E-state index contributed by atoms with van der Waals surface area (Å²) in [6, 6.07) is 1.38. The summed E-state index contributed by atoms with van der Waals surface area (Å²) >= 11 is 0. The summed E-state index contributed by atoms with van der Waals surface area (Å²) < 4.78 is 36.5. The molecule has 108 valence electrons. The Balaban J connectivity index is 3.09. The van der Waals surface area contributed by atoms with Crippen LogP contribution in [0.2, 0.25) is 0 Å². The van der Waals surface area contributed by atoms with E-state index in [1.165, 1.54) is 19.4 Å². The van der Waals surface area contributed by atoms with Gasteiger partial charge in [-0.05, 0) is 0 Å². The van der Waals surface area contributed by atoms with Crippen LogP contribution in [0.4, 0.5) is 5.69 Å². The third kappa shape index (κ3) is 4.34. The van der Waals surface area contributed by atoms with Crippen molar-refractivity contribution in [2.24, 2.45) is 0 Å². The second kappa shape index (κ2) is 7.27. The molecule has 7 nitrogen and oxygen atoms in total. The number of nitrogens with one attached hydrogen (secondary N) is 2. The smallest absolute Gasteiger partial charge is 0.242 e. The number of hydrogen-bond donors (Lipinski definition) is 2. The molecule has 0 saturated heterocycles. The van der Waals surface area contributed by atoms with E-state index in [1.807, 2.05) is 0 Å². The molecule has 0 aliphatic carbocycles. The molecule has 1 heterocycles. The number of pyridine rings is 1. The lowest BCUT2D eigenvalue weighted by molar-refractivity contribution is 0.210. The van der Waals surface area contributed by atoms with E-state index in [4.69, 9.17) is 9.47 Å². The number of sulfonamides is 1. The van der Waals surface area contributed by atoms with Gasteiger partial charge in [-0.2, -0.15) is 0 Å². The molecule has 0 spiro atoms. The lowest BCUT2D eigenvalue weighted by Gasteiger charge is -2.13. The first-order chi connectivity index (χ1) is 9.05. The van der Waals surface area contributed by atoms with Crippen molar-refractivity contribution >= 4 is 15.7 Å². The van der Waals surface area contributed by atoms with Crippen molar-refractivity contribution in [3.8, 4) is 5.88 Å². The SMILES string of the molecule is CCNS(=O)(=O)c1cc(OC)ncc1NCCOC. The van der Waals surface area contributed by atoms with Gasteiger partial charge in [0.05, 0.1) is 25.6 Å². The van der Waals surface area contributed by atoms with Gasteiger partial charge in [0.25, 0.3) is 0 Å². The van der Waals surface area contributed by atoms with Crippen LogP contribution in [0.1, 0.15) is 6.92 Å². The summed E-state index contributed by atoms with van der Waals surface area (Å²) in [6.45, 7) is 2.98. The lowest BCUT2D eigenvalue weighted by atomic mass is 10.4. The highest BCUT2D eigenvalue weighted by Crippen LogP contribution is 2.23. The van der Waals surface area contributed by atoms with E-state index in [-0.39, 0.29) is 10.8 Å². The molecule has 0 aromatic carbocycles. The third-order valence-electron chi connectivity index (χ3n) is 2.30. The minimum atomic E-state index is -3.58. The maximum absolute atomic E-state index is 12.1. The molecule has 1 aromatic rings. The minimum absolute atomic E-state index is 0.109. The van der Waals surface area contributed by atoms with E-state index >= 15 is 0 Å². The molecular formula is C11H19N3O4S. The molecule has 0 radical (unpaired) electrons. The van der Waals surface area contributed by atoms with Gasteiger partial charge >= 0.3 is 0 Å². The molecule has 8 heteroatoms. The van der Waals surface area contributed by atoms with Crippen LogP contribution in [-0.2, 0) is 14.8 Å². The maximum Gasteiger partial charge on any atom is 0.242 e. The first-order valence-corrected chi connectivity index (χ1v) is 7.30. The Hall–Kier alpha value is -1.38. The molecule has 0 aliphatic heterocycles. The molecule has 1 rings (SSSR count). The summed E-state index contributed by atoms with van der Waals surface area (Å²) in [5.41, 5.74) is 0.416. The number of hydrogen-bond acceptors (Lipinski definition) is 6. The molecule has 19 heavy (non-hydrogen) atoms. The van der Waals surface area contributed by atoms with Gasteiger partial charge in [0.2, 0.25) is 15.9 Å². The maximum atomic E-state index is 12.1. The van der Waals surface area contributed by atoms with Crippen LogP contribution >= 0.6 is 0 Å². The van der Waals surface area contributed by atoms with Crippen molar-refractivity contribution in [3.05, 3.63) is 12.3 Å². The molecule has 0 atom stereocenters.